The zero-order chi connectivity index (χ0) is 17.6. The molecule has 0 atom stereocenters. The Morgan fingerprint density at radius 2 is 1.92 bits per heavy atom. The fourth-order valence-corrected chi connectivity index (χ4v) is 3.24. The van der Waals surface area contributed by atoms with Crippen LogP contribution in [-0.2, 0) is 13.1 Å². The minimum absolute atomic E-state index is 0.678. The van der Waals surface area contributed by atoms with Gasteiger partial charge in [-0.1, -0.05) is 12.1 Å². The predicted molar refractivity (Wildman–Crippen MR) is 102 cm³/mol. The van der Waals surface area contributed by atoms with Crippen molar-refractivity contribution in [2.45, 2.75) is 26.9 Å². The SMILES string of the molecule is CN=C(NCc1ccc(-n2cccn2)cc1)NCc1nc(C)c(C)s1. The number of benzene rings is 1. The molecule has 7 heteroatoms. The summed E-state index contributed by atoms with van der Waals surface area (Å²) in [4.78, 5) is 10.1. The van der Waals surface area contributed by atoms with E-state index in [4.69, 9.17) is 0 Å². The first-order chi connectivity index (χ1) is 12.2. The second-order valence-corrected chi connectivity index (χ2v) is 6.93. The van der Waals surface area contributed by atoms with E-state index in [1.165, 1.54) is 10.4 Å². The summed E-state index contributed by atoms with van der Waals surface area (Å²) in [7, 11) is 1.77. The van der Waals surface area contributed by atoms with E-state index in [1.807, 2.05) is 23.9 Å². The quantitative estimate of drug-likeness (QED) is 0.546. The topological polar surface area (TPSA) is 67.1 Å². The van der Waals surface area contributed by atoms with Gasteiger partial charge in [-0.2, -0.15) is 5.10 Å². The summed E-state index contributed by atoms with van der Waals surface area (Å²) in [5.41, 5.74) is 3.33. The van der Waals surface area contributed by atoms with Crippen molar-refractivity contribution >= 4 is 17.3 Å². The maximum absolute atomic E-state index is 4.53. The average molecular weight is 354 g/mol. The smallest absolute Gasteiger partial charge is 0.191 e. The Kier molecular flexibility index (Phi) is 5.45. The molecule has 0 bridgehead atoms. The molecule has 2 heterocycles. The summed E-state index contributed by atoms with van der Waals surface area (Å²) in [6.07, 6.45) is 3.71. The van der Waals surface area contributed by atoms with Crippen molar-refractivity contribution in [2.75, 3.05) is 7.05 Å². The number of aromatic nitrogens is 3. The number of nitrogens with one attached hydrogen (secondary N) is 2. The van der Waals surface area contributed by atoms with Gasteiger partial charge in [-0.05, 0) is 37.6 Å². The summed E-state index contributed by atoms with van der Waals surface area (Å²) >= 11 is 1.72. The molecule has 2 N–H and O–H groups in total. The number of nitrogens with zero attached hydrogens (tertiary/aromatic N) is 4. The molecular weight excluding hydrogens is 332 g/mol. The van der Waals surface area contributed by atoms with Crippen LogP contribution in [-0.4, -0.2) is 27.8 Å². The van der Waals surface area contributed by atoms with E-state index in [0.29, 0.717) is 13.1 Å². The van der Waals surface area contributed by atoms with E-state index >= 15 is 0 Å². The van der Waals surface area contributed by atoms with Gasteiger partial charge in [0, 0.05) is 30.9 Å². The van der Waals surface area contributed by atoms with E-state index < -0.39 is 0 Å². The van der Waals surface area contributed by atoms with Crippen molar-refractivity contribution in [3.8, 4) is 5.69 Å². The number of hydrogen-bond donors (Lipinski definition) is 2. The highest BCUT2D eigenvalue weighted by molar-refractivity contribution is 7.11. The molecule has 0 fully saturated rings. The fraction of sp³-hybridized carbons (Fsp3) is 0.278. The van der Waals surface area contributed by atoms with Gasteiger partial charge in [-0.15, -0.1) is 11.3 Å². The highest BCUT2D eigenvalue weighted by Crippen LogP contribution is 2.15. The number of aryl methyl sites for hydroxylation is 2. The molecule has 6 nitrogen and oxygen atoms in total. The Morgan fingerprint density at radius 3 is 2.52 bits per heavy atom. The lowest BCUT2D eigenvalue weighted by Crippen LogP contribution is -2.36. The van der Waals surface area contributed by atoms with Gasteiger partial charge in [0.05, 0.1) is 17.9 Å². The largest absolute Gasteiger partial charge is 0.352 e. The van der Waals surface area contributed by atoms with Gasteiger partial charge < -0.3 is 10.6 Å². The molecule has 3 aromatic rings. The number of hydrogen-bond acceptors (Lipinski definition) is 4. The van der Waals surface area contributed by atoms with Crippen LogP contribution in [0.1, 0.15) is 21.1 Å². The van der Waals surface area contributed by atoms with Crippen LogP contribution >= 0.6 is 11.3 Å². The van der Waals surface area contributed by atoms with Crippen LogP contribution in [0.3, 0.4) is 0 Å². The molecule has 3 rings (SSSR count). The number of guanidine groups is 1. The number of rotatable bonds is 5. The zero-order valence-corrected chi connectivity index (χ0v) is 15.5. The van der Waals surface area contributed by atoms with Crippen LogP contribution in [0.5, 0.6) is 0 Å². The van der Waals surface area contributed by atoms with Crippen LogP contribution in [0.15, 0.2) is 47.7 Å². The lowest BCUT2D eigenvalue weighted by Gasteiger charge is -2.11. The van der Waals surface area contributed by atoms with Crippen LogP contribution in [0, 0.1) is 13.8 Å². The van der Waals surface area contributed by atoms with Gasteiger partial charge in [-0.25, -0.2) is 9.67 Å². The third-order valence-electron chi connectivity index (χ3n) is 3.87. The molecule has 0 aliphatic rings. The predicted octanol–water partition coefficient (Wildman–Crippen LogP) is 2.81. The molecule has 0 saturated heterocycles. The molecule has 0 amide bonds. The Labute approximate surface area is 151 Å². The maximum Gasteiger partial charge on any atom is 0.191 e. The standard InChI is InChI=1S/C18H22N6S/c1-13-14(2)25-17(23-13)12-21-18(19-3)20-11-15-5-7-16(8-6-15)24-10-4-9-22-24/h4-10H,11-12H2,1-3H3,(H2,19,20,21). The Balaban J connectivity index is 1.52. The summed E-state index contributed by atoms with van der Waals surface area (Å²) in [6.45, 7) is 5.51. The van der Waals surface area contributed by atoms with Crippen LogP contribution < -0.4 is 10.6 Å². The molecule has 1 aromatic carbocycles. The monoisotopic (exact) mass is 354 g/mol. The first kappa shape index (κ1) is 17.2. The van der Waals surface area contributed by atoms with E-state index in [1.54, 1.807) is 24.6 Å². The molecule has 2 aromatic heterocycles. The van der Waals surface area contributed by atoms with E-state index in [0.717, 1.165) is 22.3 Å². The molecule has 0 radical (unpaired) electrons. The number of thiazole rings is 1. The van der Waals surface area contributed by atoms with Crippen molar-refractivity contribution in [3.05, 3.63) is 63.9 Å². The van der Waals surface area contributed by atoms with Crippen molar-refractivity contribution in [1.82, 2.24) is 25.4 Å². The lowest BCUT2D eigenvalue weighted by molar-refractivity contribution is 0.802. The summed E-state index contributed by atoms with van der Waals surface area (Å²) in [6, 6.07) is 10.2. The molecule has 0 aliphatic heterocycles. The van der Waals surface area contributed by atoms with Gasteiger partial charge in [0.1, 0.15) is 5.01 Å². The van der Waals surface area contributed by atoms with Crippen molar-refractivity contribution in [1.29, 1.82) is 0 Å². The third-order valence-corrected chi connectivity index (χ3v) is 4.94. The molecule has 25 heavy (non-hydrogen) atoms. The van der Waals surface area contributed by atoms with Gasteiger partial charge in [-0.3, -0.25) is 4.99 Å². The van der Waals surface area contributed by atoms with Gasteiger partial charge in [0.2, 0.25) is 0 Å². The second-order valence-electron chi connectivity index (χ2n) is 5.65. The summed E-state index contributed by atoms with van der Waals surface area (Å²) in [5, 5.41) is 11.9. The first-order valence-electron chi connectivity index (χ1n) is 8.12. The second kappa shape index (κ2) is 7.94. The highest BCUT2D eigenvalue weighted by atomic mass is 32.1. The van der Waals surface area contributed by atoms with Gasteiger partial charge >= 0.3 is 0 Å². The first-order valence-corrected chi connectivity index (χ1v) is 8.94. The molecule has 130 valence electrons. The van der Waals surface area contributed by atoms with Crippen LogP contribution in [0.4, 0.5) is 0 Å². The minimum Gasteiger partial charge on any atom is -0.352 e. The van der Waals surface area contributed by atoms with Gasteiger partial charge in [0.15, 0.2) is 5.96 Å². The lowest BCUT2D eigenvalue weighted by atomic mass is 10.2. The highest BCUT2D eigenvalue weighted by Gasteiger charge is 2.05. The van der Waals surface area contributed by atoms with Crippen molar-refractivity contribution in [2.24, 2.45) is 4.99 Å². The zero-order valence-electron chi connectivity index (χ0n) is 14.7. The molecule has 0 saturated carbocycles. The molecular formula is C18H22N6S. The average Bonchev–Trinajstić information content (AvgIpc) is 3.26. The summed E-state index contributed by atoms with van der Waals surface area (Å²) < 4.78 is 1.84. The van der Waals surface area contributed by atoms with Crippen molar-refractivity contribution in [3.63, 3.8) is 0 Å². The molecule has 0 spiro atoms. The Morgan fingerprint density at radius 1 is 1.16 bits per heavy atom. The number of aliphatic imine (C=N–C) groups is 1. The van der Waals surface area contributed by atoms with E-state index in [2.05, 4.69) is 56.9 Å². The Bertz CT molecular complexity index is 814. The molecule has 0 unspecified atom stereocenters. The minimum atomic E-state index is 0.678. The van der Waals surface area contributed by atoms with Gasteiger partial charge in [0.25, 0.3) is 0 Å². The third kappa shape index (κ3) is 4.45. The Hall–Kier alpha value is -2.67. The van der Waals surface area contributed by atoms with Crippen LogP contribution in [0.25, 0.3) is 5.69 Å². The molecule has 0 aliphatic carbocycles. The normalized spacial score (nSPS) is 11.6. The van der Waals surface area contributed by atoms with E-state index in [9.17, 15) is 0 Å². The van der Waals surface area contributed by atoms with E-state index in [-0.39, 0.29) is 0 Å². The summed E-state index contributed by atoms with van der Waals surface area (Å²) in [5.74, 6) is 0.765. The fourth-order valence-electron chi connectivity index (χ4n) is 2.37. The van der Waals surface area contributed by atoms with Crippen LogP contribution in [0.2, 0.25) is 0 Å². The maximum atomic E-state index is 4.53. The van der Waals surface area contributed by atoms with Crippen molar-refractivity contribution < 1.29 is 0 Å².